The fourth-order valence-electron chi connectivity index (χ4n) is 3.64. The van der Waals surface area contributed by atoms with Crippen molar-refractivity contribution in [1.82, 2.24) is 19.8 Å². The number of morpholine rings is 1. The van der Waals surface area contributed by atoms with Crippen LogP contribution in [0.3, 0.4) is 0 Å². The number of hydrogen-bond acceptors (Lipinski definition) is 9. The van der Waals surface area contributed by atoms with Crippen molar-refractivity contribution in [3.8, 4) is 0 Å². The smallest absolute Gasteiger partial charge is 0.353 e. The molecule has 150 valence electrons. The summed E-state index contributed by atoms with van der Waals surface area (Å²) in [7, 11) is 3.99. The topological polar surface area (TPSA) is 99.9 Å². The highest BCUT2D eigenvalue weighted by Crippen LogP contribution is 2.33. The van der Waals surface area contributed by atoms with Gasteiger partial charge in [-0.2, -0.15) is 0 Å². The molecular weight excluding hydrogens is 350 g/mol. The molecule has 10 heteroatoms. The molecule has 0 radical (unpaired) electrons. The second kappa shape index (κ2) is 9.25. The number of rotatable bonds is 7. The summed E-state index contributed by atoms with van der Waals surface area (Å²) in [4.78, 5) is 26.3. The van der Waals surface area contributed by atoms with E-state index in [0.29, 0.717) is 12.4 Å². The average Bonchev–Trinajstić information content (AvgIpc) is 2.68. The van der Waals surface area contributed by atoms with Gasteiger partial charge in [-0.25, -0.2) is 9.97 Å². The molecule has 2 fully saturated rings. The zero-order chi connectivity index (χ0) is 19.2. The monoisotopic (exact) mass is 379 g/mol. The van der Waals surface area contributed by atoms with E-state index in [4.69, 9.17) is 4.74 Å². The average molecular weight is 379 g/mol. The molecule has 1 N–H and O–H groups in total. The molecule has 0 amide bonds. The van der Waals surface area contributed by atoms with Gasteiger partial charge in [-0.1, -0.05) is 0 Å². The van der Waals surface area contributed by atoms with Crippen LogP contribution >= 0.6 is 0 Å². The second-order valence-corrected chi connectivity index (χ2v) is 7.18. The third-order valence-electron chi connectivity index (χ3n) is 5.38. The van der Waals surface area contributed by atoms with Gasteiger partial charge in [-0.05, 0) is 33.0 Å². The maximum Gasteiger partial charge on any atom is 0.353 e. The summed E-state index contributed by atoms with van der Waals surface area (Å²) in [6, 6.07) is 0.246. The Hall–Kier alpha value is -2.04. The van der Waals surface area contributed by atoms with Crippen molar-refractivity contribution in [2.45, 2.75) is 18.9 Å². The van der Waals surface area contributed by atoms with E-state index in [1.807, 2.05) is 11.9 Å². The van der Waals surface area contributed by atoms with Crippen molar-refractivity contribution in [3.63, 3.8) is 0 Å². The van der Waals surface area contributed by atoms with Crippen LogP contribution in [0.1, 0.15) is 12.8 Å². The Morgan fingerprint density at radius 3 is 2.67 bits per heavy atom. The largest absolute Gasteiger partial charge is 0.379 e. The Bertz CT molecular complexity index is 631. The number of likely N-dealkylation sites (tertiary alicyclic amines) is 1. The minimum atomic E-state index is -0.377. The van der Waals surface area contributed by atoms with E-state index in [2.05, 4.69) is 32.1 Å². The van der Waals surface area contributed by atoms with Crippen molar-refractivity contribution in [3.05, 3.63) is 16.4 Å². The lowest BCUT2D eigenvalue weighted by Gasteiger charge is -2.35. The summed E-state index contributed by atoms with van der Waals surface area (Å²) < 4.78 is 5.34. The number of nitrogens with zero attached hydrogens (tertiary/aromatic N) is 6. The van der Waals surface area contributed by atoms with Gasteiger partial charge >= 0.3 is 5.69 Å². The number of aromatic nitrogens is 2. The molecule has 1 aromatic rings. The Morgan fingerprint density at radius 2 is 2.00 bits per heavy atom. The zero-order valence-electron chi connectivity index (χ0n) is 16.1. The van der Waals surface area contributed by atoms with Gasteiger partial charge in [0.05, 0.1) is 18.1 Å². The first-order chi connectivity index (χ1) is 13.1. The fraction of sp³-hybridized carbons (Fsp3) is 0.765. The number of nitrogens with one attached hydrogen (secondary N) is 1. The predicted octanol–water partition coefficient (Wildman–Crippen LogP) is 0.659. The minimum absolute atomic E-state index is 0.0408. The van der Waals surface area contributed by atoms with Crippen LogP contribution in [0.2, 0.25) is 0 Å². The second-order valence-electron chi connectivity index (χ2n) is 7.18. The van der Waals surface area contributed by atoms with Crippen molar-refractivity contribution < 1.29 is 9.66 Å². The lowest BCUT2D eigenvalue weighted by Crippen LogP contribution is -2.42. The summed E-state index contributed by atoms with van der Waals surface area (Å²) >= 11 is 0. The number of anilines is 2. The van der Waals surface area contributed by atoms with Gasteiger partial charge in [0.15, 0.2) is 0 Å². The summed E-state index contributed by atoms with van der Waals surface area (Å²) in [6.07, 6.45) is 3.34. The maximum atomic E-state index is 11.8. The lowest BCUT2D eigenvalue weighted by molar-refractivity contribution is -0.383. The number of piperidine rings is 1. The van der Waals surface area contributed by atoms with Gasteiger partial charge < -0.3 is 19.9 Å². The molecule has 0 unspecified atom stereocenters. The summed E-state index contributed by atoms with van der Waals surface area (Å²) in [6.45, 7) is 6.60. The molecule has 2 saturated heterocycles. The third-order valence-corrected chi connectivity index (χ3v) is 5.38. The van der Waals surface area contributed by atoms with E-state index < -0.39 is 0 Å². The van der Waals surface area contributed by atoms with Crippen molar-refractivity contribution in [2.24, 2.45) is 0 Å². The molecule has 2 aliphatic heterocycles. The third kappa shape index (κ3) is 5.02. The van der Waals surface area contributed by atoms with Crippen LogP contribution in [0.25, 0.3) is 0 Å². The van der Waals surface area contributed by atoms with Crippen molar-refractivity contribution in [2.75, 3.05) is 76.8 Å². The van der Waals surface area contributed by atoms with E-state index in [-0.39, 0.29) is 22.5 Å². The number of hydrogen-bond donors (Lipinski definition) is 1. The highest BCUT2D eigenvalue weighted by Gasteiger charge is 2.30. The quantitative estimate of drug-likeness (QED) is 0.541. The highest BCUT2D eigenvalue weighted by molar-refractivity contribution is 5.70. The lowest BCUT2D eigenvalue weighted by atomic mass is 10.0. The van der Waals surface area contributed by atoms with Crippen LogP contribution in [-0.4, -0.2) is 97.3 Å². The van der Waals surface area contributed by atoms with Crippen molar-refractivity contribution in [1.29, 1.82) is 0 Å². The molecule has 2 aliphatic rings. The van der Waals surface area contributed by atoms with Crippen LogP contribution in [0.5, 0.6) is 0 Å². The fourth-order valence-corrected chi connectivity index (χ4v) is 3.64. The van der Waals surface area contributed by atoms with Crippen LogP contribution in [-0.2, 0) is 4.74 Å². The van der Waals surface area contributed by atoms with E-state index >= 15 is 0 Å². The minimum Gasteiger partial charge on any atom is -0.379 e. The summed E-state index contributed by atoms with van der Waals surface area (Å²) in [5, 5.41) is 14.9. The zero-order valence-corrected chi connectivity index (χ0v) is 16.1. The SMILES string of the molecule is CN1CCC(N(C)c2ncnc(NCCN3CCOCC3)c2[N+](=O)[O-])CC1. The Morgan fingerprint density at radius 1 is 1.30 bits per heavy atom. The molecule has 3 heterocycles. The van der Waals surface area contributed by atoms with E-state index in [1.54, 1.807) is 0 Å². The maximum absolute atomic E-state index is 11.8. The molecule has 10 nitrogen and oxygen atoms in total. The predicted molar refractivity (Wildman–Crippen MR) is 103 cm³/mol. The van der Waals surface area contributed by atoms with Crippen molar-refractivity contribution >= 4 is 17.3 Å². The first-order valence-electron chi connectivity index (χ1n) is 9.51. The normalized spacial score (nSPS) is 19.8. The van der Waals surface area contributed by atoms with Crippen LogP contribution in [0.4, 0.5) is 17.3 Å². The molecule has 1 aromatic heterocycles. The summed E-state index contributed by atoms with van der Waals surface area (Å²) in [5.41, 5.74) is -0.0408. The van der Waals surface area contributed by atoms with Crippen LogP contribution in [0.15, 0.2) is 6.33 Å². The van der Waals surface area contributed by atoms with Gasteiger partial charge in [0, 0.05) is 39.3 Å². The van der Waals surface area contributed by atoms with Crippen LogP contribution in [0, 0.1) is 10.1 Å². The van der Waals surface area contributed by atoms with Crippen LogP contribution < -0.4 is 10.2 Å². The number of ether oxygens (including phenoxy) is 1. The first kappa shape index (κ1) is 19.7. The molecule has 0 bridgehead atoms. The molecule has 27 heavy (non-hydrogen) atoms. The molecule has 0 spiro atoms. The summed E-state index contributed by atoms with van der Waals surface area (Å²) in [5.74, 6) is 0.677. The molecular formula is C17H29N7O3. The van der Waals surface area contributed by atoms with Gasteiger partial charge in [0.1, 0.15) is 6.33 Å². The molecule has 3 rings (SSSR count). The van der Waals surface area contributed by atoms with Gasteiger partial charge in [0.2, 0.25) is 11.6 Å². The number of nitro groups is 1. The molecule has 0 saturated carbocycles. The van der Waals surface area contributed by atoms with E-state index in [9.17, 15) is 10.1 Å². The highest BCUT2D eigenvalue weighted by atomic mass is 16.6. The van der Waals surface area contributed by atoms with Gasteiger partial charge in [-0.3, -0.25) is 15.0 Å². The first-order valence-corrected chi connectivity index (χ1v) is 9.51. The van der Waals surface area contributed by atoms with E-state index in [1.165, 1.54) is 6.33 Å². The van der Waals surface area contributed by atoms with Gasteiger partial charge in [-0.15, -0.1) is 0 Å². The Balaban J connectivity index is 1.69. The molecule has 0 aromatic carbocycles. The van der Waals surface area contributed by atoms with E-state index in [0.717, 1.165) is 58.8 Å². The molecule has 0 aliphatic carbocycles. The Labute approximate surface area is 159 Å². The standard InChI is InChI=1S/C17H29N7O3/c1-21-6-3-14(4-7-21)22(2)17-15(24(25)26)16(19-13-20-17)18-5-8-23-9-11-27-12-10-23/h13-14H,3-12H2,1-2H3,(H,18,19,20). The van der Waals surface area contributed by atoms with Gasteiger partial charge in [0.25, 0.3) is 0 Å². The molecule has 0 atom stereocenters. The Kier molecular flexibility index (Phi) is 6.75.